The second-order valence-electron chi connectivity index (χ2n) is 5.52. The van der Waals surface area contributed by atoms with E-state index in [0.29, 0.717) is 23.5 Å². The van der Waals surface area contributed by atoms with Crippen LogP contribution in [0.5, 0.6) is 0 Å². The van der Waals surface area contributed by atoms with Crippen LogP contribution in [0.4, 0.5) is 20.3 Å². The molecule has 0 atom stereocenters. The molecule has 5 nitrogen and oxygen atoms in total. The Bertz CT molecular complexity index is 917. The van der Waals surface area contributed by atoms with Crippen LogP contribution in [-0.2, 0) is 6.42 Å². The van der Waals surface area contributed by atoms with Gasteiger partial charge in [0, 0.05) is 18.3 Å². The highest BCUT2D eigenvalue weighted by molar-refractivity contribution is 5.92. The number of hydrogen-bond donors (Lipinski definition) is 2. The number of nitrogens with zero attached hydrogens (tertiary/aromatic N) is 2. The fourth-order valence-corrected chi connectivity index (χ4v) is 2.37. The van der Waals surface area contributed by atoms with E-state index >= 15 is 0 Å². The van der Waals surface area contributed by atoms with Gasteiger partial charge in [0.2, 0.25) is 0 Å². The topological polar surface area (TPSA) is 66.9 Å². The van der Waals surface area contributed by atoms with Gasteiger partial charge in [-0.05, 0) is 36.2 Å². The Balaban J connectivity index is 1.60. The van der Waals surface area contributed by atoms with E-state index in [1.165, 1.54) is 30.6 Å². The molecule has 26 heavy (non-hydrogen) atoms. The molecular formula is C19H16F2N4O. The molecule has 0 saturated carbocycles. The van der Waals surface area contributed by atoms with E-state index in [2.05, 4.69) is 20.6 Å². The fourth-order valence-electron chi connectivity index (χ4n) is 2.37. The Morgan fingerprint density at radius 2 is 1.85 bits per heavy atom. The van der Waals surface area contributed by atoms with Crippen molar-refractivity contribution in [3.63, 3.8) is 0 Å². The van der Waals surface area contributed by atoms with Gasteiger partial charge >= 0.3 is 0 Å². The zero-order valence-electron chi connectivity index (χ0n) is 13.7. The van der Waals surface area contributed by atoms with Crippen molar-refractivity contribution < 1.29 is 13.6 Å². The zero-order valence-corrected chi connectivity index (χ0v) is 13.7. The summed E-state index contributed by atoms with van der Waals surface area (Å²) in [6.07, 6.45) is 1.62. The maximum Gasteiger partial charge on any atom is 0.270 e. The van der Waals surface area contributed by atoms with Crippen molar-refractivity contribution in [2.45, 2.75) is 6.42 Å². The molecule has 1 amide bonds. The third kappa shape index (κ3) is 4.60. The first-order chi connectivity index (χ1) is 12.6. The predicted molar refractivity (Wildman–Crippen MR) is 94.2 cm³/mol. The number of aromatic nitrogens is 2. The minimum atomic E-state index is -0.397. The molecule has 0 bridgehead atoms. The van der Waals surface area contributed by atoms with Crippen LogP contribution >= 0.6 is 0 Å². The van der Waals surface area contributed by atoms with Crippen LogP contribution in [-0.4, -0.2) is 22.4 Å². The zero-order chi connectivity index (χ0) is 18.4. The number of anilines is 2. The van der Waals surface area contributed by atoms with Gasteiger partial charge in [0.25, 0.3) is 5.91 Å². The highest BCUT2D eigenvalue weighted by Crippen LogP contribution is 2.15. The van der Waals surface area contributed by atoms with Crippen LogP contribution in [0.3, 0.4) is 0 Å². The minimum absolute atomic E-state index is 0.160. The largest absolute Gasteiger partial charge is 0.350 e. The molecule has 0 aliphatic rings. The molecule has 3 aromatic rings. The van der Waals surface area contributed by atoms with E-state index in [1.807, 2.05) is 0 Å². The maximum absolute atomic E-state index is 13.6. The molecule has 0 unspecified atom stereocenters. The van der Waals surface area contributed by atoms with Gasteiger partial charge in [0.1, 0.15) is 29.5 Å². The molecule has 0 aliphatic carbocycles. The van der Waals surface area contributed by atoms with Crippen LogP contribution < -0.4 is 10.6 Å². The number of benzene rings is 2. The van der Waals surface area contributed by atoms with Gasteiger partial charge in [-0.15, -0.1) is 0 Å². The van der Waals surface area contributed by atoms with Gasteiger partial charge in [0.05, 0.1) is 0 Å². The van der Waals surface area contributed by atoms with Crippen molar-refractivity contribution in [1.29, 1.82) is 0 Å². The summed E-state index contributed by atoms with van der Waals surface area (Å²) in [6, 6.07) is 13.8. The van der Waals surface area contributed by atoms with Crippen molar-refractivity contribution in [2.24, 2.45) is 0 Å². The van der Waals surface area contributed by atoms with E-state index in [0.717, 1.165) is 0 Å². The van der Waals surface area contributed by atoms with E-state index in [9.17, 15) is 13.6 Å². The molecule has 0 radical (unpaired) electrons. The summed E-state index contributed by atoms with van der Waals surface area (Å²) >= 11 is 0. The molecule has 0 spiro atoms. The van der Waals surface area contributed by atoms with Crippen molar-refractivity contribution in [3.8, 4) is 0 Å². The third-order valence-electron chi connectivity index (χ3n) is 3.63. The van der Waals surface area contributed by atoms with Crippen LogP contribution in [0.1, 0.15) is 16.1 Å². The highest BCUT2D eigenvalue weighted by Gasteiger charge is 2.09. The van der Waals surface area contributed by atoms with Crippen LogP contribution in [0.2, 0.25) is 0 Å². The van der Waals surface area contributed by atoms with Crippen LogP contribution in [0.25, 0.3) is 0 Å². The molecule has 2 N–H and O–H groups in total. The minimum Gasteiger partial charge on any atom is -0.350 e. The van der Waals surface area contributed by atoms with Gasteiger partial charge < -0.3 is 10.6 Å². The third-order valence-corrected chi connectivity index (χ3v) is 3.63. The molecule has 3 rings (SSSR count). The van der Waals surface area contributed by atoms with Crippen molar-refractivity contribution in [3.05, 3.63) is 83.8 Å². The monoisotopic (exact) mass is 354 g/mol. The number of carbonyl (C=O) groups is 1. The summed E-state index contributed by atoms with van der Waals surface area (Å²) in [5, 5.41) is 5.60. The summed E-state index contributed by atoms with van der Waals surface area (Å²) in [5.74, 6) is -0.712. The summed E-state index contributed by atoms with van der Waals surface area (Å²) < 4.78 is 26.8. The van der Waals surface area contributed by atoms with Crippen LogP contribution in [0, 0.1) is 11.6 Å². The van der Waals surface area contributed by atoms with Gasteiger partial charge in [-0.25, -0.2) is 18.7 Å². The summed E-state index contributed by atoms with van der Waals surface area (Å²) in [7, 11) is 0. The second kappa shape index (κ2) is 8.15. The lowest BCUT2D eigenvalue weighted by Crippen LogP contribution is -2.26. The SMILES string of the molecule is O=C(NCCc1ccccc1F)c1cc(Nc2cccc(F)c2)ncn1. The first-order valence-corrected chi connectivity index (χ1v) is 7.98. The normalized spacial score (nSPS) is 10.4. The Kier molecular flexibility index (Phi) is 5.48. The van der Waals surface area contributed by atoms with Gasteiger partial charge in [-0.1, -0.05) is 24.3 Å². The number of hydrogen-bond acceptors (Lipinski definition) is 4. The number of amides is 1. The Morgan fingerprint density at radius 1 is 1.00 bits per heavy atom. The molecule has 0 aliphatic heterocycles. The van der Waals surface area contributed by atoms with E-state index in [1.54, 1.807) is 30.3 Å². The van der Waals surface area contributed by atoms with Crippen molar-refractivity contribution in [1.82, 2.24) is 15.3 Å². The number of nitrogens with one attached hydrogen (secondary N) is 2. The predicted octanol–water partition coefficient (Wildman–Crippen LogP) is 3.47. The van der Waals surface area contributed by atoms with Gasteiger partial charge in [-0.2, -0.15) is 0 Å². The summed E-state index contributed by atoms with van der Waals surface area (Å²) in [4.78, 5) is 20.1. The lowest BCUT2D eigenvalue weighted by Gasteiger charge is -2.08. The molecular weight excluding hydrogens is 338 g/mol. The molecule has 0 saturated heterocycles. The molecule has 2 aromatic carbocycles. The molecule has 1 aromatic heterocycles. The van der Waals surface area contributed by atoms with Gasteiger partial charge in [0.15, 0.2) is 0 Å². The molecule has 7 heteroatoms. The second-order valence-corrected chi connectivity index (χ2v) is 5.52. The number of carbonyl (C=O) groups excluding carboxylic acids is 1. The summed E-state index contributed by atoms with van der Waals surface area (Å²) in [6.45, 7) is 0.274. The van der Waals surface area contributed by atoms with Crippen molar-refractivity contribution >= 4 is 17.4 Å². The van der Waals surface area contributed by atoms with Gasteiger partial charge in [-0.3, -0.25) is 4.79 Å². The molecule has 0 fully saturated rings. The highest BCUT2D eigenvalue weighted by atomic mass is 19.1. The Morgan fingerprint density at radius 3 is 2.65 bits per heavy atom. The maximum atomic E-state index is 13.6. The standard InChI is InChI=1S/C19H16F2N4O/c20-14-5-3-6-15(10-14)25-18-11-17(23-12-24-18)19(26)22-9-8-13-4-1-2-7-16(13)21/h1-7,10-12H,8-9H2,(H,22,26)(H,23,24,25). The summed E-state index contributed by atoms with van der Waals surface area (Å²) in [5.41, 5.74) is 1.20. The lowest BCUT2D eigenvalue weighted by atomic mass is 10.1. The van der Waals surface area contributed by atoms with Crippen molar-refractivity contribution in [2.75, 3.05) is 11.9 Å². The lowest BCUT2D eigenvalue weighted by molar-refractivity contribution is 0.0949. The number of rotatable bonds is 6. The number of halogens is 2. The quantitative estimate of drug-likeness (QED) is 0.711. The van der Waals surface area contributed by atoms with E-state index in [-0.39, 0.29) is 23.9 Å². The Labute approximate surface area is 149 Å². The fraction of sp³-hybridized carbons (Fsp3) is 0.105. The molecule has 132 valence electrons. The van der Waals surface area contributed by atoms with E-state index in [4.69, 9.17) is 0 Å². The first kappa shape index (κ1) is 17.5. The average molecular weight is 354 g/mol. The first-order valence-electron chi connectivity index (χ1n) is 7.98. The smallest absolute Gasteiger partial charge is 0.270 e. The Hall–Kier alpha value is -3.35. The average Bonchev–Trinajstić information content (AvgIpc) is 2.63. The van der Waals surface area contributed by atoms with Crippen LogP contribution in [0.15, 0.2) is 60.9 Å². The van der Waals surface area contributed by atoms with E-state index < -0.39 is 5.91 Å². The molecule has 1 heterocycles.